The molecule has 1 aromatic carbocycles. The lowest BCUT2D eigenvalue weighted by atomic mass is 9.87. The van der Waals surface area contributed by atoms with E-state index < -0.39 is 23.4 Å². The zero-order valence-corrected chi connectivity index (χ0v) is 20.4. The Morgan fingerprint density at radius 1 is 1.22 bits per heavy atom. The van der Waals surface area contributed by atoms with Gasteiger partial charge in [0, 0.05) is 33.7 Å². The van der Waals surface area contributed by atoms with Crippen molar-refractivity contribution in [3.8, 4) is 5.88 Å². The average molecular weight is 504 g/mol. The minimum Gasteiger partial charge on any atom is -0.479 e. The van der Waals surface area contributed by atoms with E-state index in [9.17, 15) is 18.0 Å². The number of amides is 1. The van der Waals surface area contributed by atoms with E-state index in [4.69, 9.17) is 9.47 Å². The summed E-state index contributed by atoms with van der Waals surface area (Å²) >= 11 is 0. The van der Waals surface area contributed by atoms with Gasteiger partial charge in [-0.3, -0.25) is 4.79 Å². The number of aromatic nitrogens is 3. The van der Waals surface area contributed by atoms with E-state index in [1.54, 1.807) is 18.9 Å². The topological polar surface area (TPSA) is 89.5 Å². The third kappa shape index (κ3) is 4.92. The Hall–Kier alpha value is -3.47. The Balaban J connectivity index is 1.63. The smallest absolute Gasteiger partial charge is 0.266 e. The van der Waals surface area contributed by atoms with Crippen LogP contribution in [-0.4, -0.2) is 59.6 Å². The molecule has 8 nitrogen and oxygen atoms in total. The van der Waals surface area contributed by atoms with Crippen LogP contribution in [-0.2, 0) is 21.6 Å². The van der Waals surface area contributed by atoms with Gasteiger partial charge in [0.15, 0.2) is 0 Å². The highest BCUT2D eigenvalue weighted by Gasteiger charge is 2.39. The Morgan fingerprint density at radius 2 is 1.97 bits per heavy atom. The molecule has 3 aromatic rings. The molecule has 1 saturated heterocycles. The maximum absolute atomic E-state index is 14.4. The molecule has 0 unspecified atom stereocenters. The van der Waals surface area contributed by atoms with Gasteiger partial charge in [-0.1, -0.05) is 18.2 Å². The number of methoxy groups -OCH3 is 2. The summed E-state index contributed by atoms with van der Waals surface area (Å²) in [4.78, 5) is 26.9. The number of piperidine rings is 1. The number of carbonyl (C=O) groups excluding carboxylic acids is 1. The van der Waals surface area contributed by atoms with Gasteiger partial charge in [-0.15, -0.1) is 0 Å². The molecule has 0 atom stereocenters. The first kappa shape index (κ1) is 25.6. The second kappa shape index (κ2) is 10.7. The van der Waals surface area contributed by atoms with E-state index in [0.717, 1.165) is 6.07 Å². The van der Waals surface area contributed by atoms with Crippen molar-refractivity contribution < 1.29 is 27.4 Å². The zero-order chi connectivity index (χ0) is 25.9. The lowest BCUT2D eigenvalue weighted by Gasteiger charge is -2.40. The molecule has 1 fully saturated rings. The van der Waals surface area contributed by atoms with Crippen LogP contribution in [0.15, 0.2) is 30.6 Å². The number of benzene rings is 1. The van der Waals surface area contributed by atoms with Gasteiger partial charge in [0.2, 0.25) is 11.8 Å². The highest BCUT2D eigenvalue weighted by molar-refractivity contribution is 5.92. The van der Waals surface area contributed by atoms with Gasteiger partial charge in [0.25, 0.3) is 6.43 Å². The monoisotopic (exact) mass is 503 g/mol. The van der Waals surface area contributed by atoms with Crippen LogP contribution >= 0.6 is 0 Å². The van der Waals surface area contributed by atoms with Crippen molar-refractivity contribution in [2.45, 2.75) is 38.2 Å². The molecule has 3 heterocycles. The van der Waals surface area contributed by atoms with Gasteiger partial charge in [-0.05, 0) is 30.9 Å². The predicted molar refractivity (Wildman–Crippen MR) is 128 cm³/mol. The number of carbonyl (C=O) groups is 1. The van der Waals surface area contributed by atoms with E-state index in [2.05, 4.69) is 20.3 Å². The van der Waals surface area contributed by atoms with Crippen LogP contribution in [0.2, 0.25) is 0 Å². The van der Waals surface area contributed by atoms with Crippen molar-refractivity contribution >= 4 is 22.6 Å². The molecule has 0 bridgehead atoms. The average Bonchev–Trinajstić information content (AvgIpc) is 2.88. The minimum absolute atomic E-state index is 0.0131. The van der Waals surface area contributed by atoms with E-state index in [-0.39, 0.29) is 24.4 Å². The van der Waals surface area contributed by atoms with Gasteiger partial charge in [-0.25, -0.2) is 28.1 Å². The van der Waals surface area contributed by atoms with Crippen LogP contribution in [0.5, 0.6) is 5.88 Å². The Labute approximate surface area is 206 Å². The van der Waals surface area contributed by atoms with Gasteiger partial charge < -0.3 is 19.7 Å². The molecule has 0 saturated carbocycles. The van der Waals surface area contributed by atoms with Gasteiger partial charge in [0.05, 0.1) is 23.8 Å². The van der Waals surface area contributed by atoms with Crippen LogP contribution in [0, 0.1) is 5.82 Å². The number of anilines is 1. The van der Waals surface area contributed by atoms with Crippen molar-refractivity contribution in [3.63, 3.8) is 0 Å². The summed E-state index contributed by atoms with van der Waals surface area (Å²) in [6.07, 6.45) is -0.223. The molecule has 0 aliphatic carbocycles. The summed E-state index contributed by atoms with van der Waals surface area (Å²) < 4.78 is 52.0. The molecule has 1 aliphatic rings. The number of likely N-dealkylation sites (tertiary alicyclic amines) is 1. The quantitative estimate of drug-likeness (QED) is 0.492. The number of hydrogen-bond donors (Lipinski definition) is 1. The van der Waals surface area contributed by atoms with Gasteiger partial charge in [0.1, 0.15) is 29.1 Å². The fourth-order valence-corrected chi connectivity index (χ4v) is 4.58. The number of nitrogens with one attached hydrogen (secondary N) is 1. The molecule has 4 rings (SSSR count). The molecular weight excluding hydrogens is 475 g/mol. The highest BCUT2D eigenvalue weighted by atomic mass is 19.3. The van der Waals surface area contributed by atoms with Crippen molar-refractivity contribution in [1.82, 2.24) is 19.9 Å². The van der Waals surface area contributed by atoms with Crippen LogP contribution in [0.3, 0.4) is 0 Å². The molecule has 2 aromatic heterocycles. The first-order valence-corrected chi connectivity index (χ1v) is 11.6. The van der Waals surface area contributed by atoms with Crippen LogP contribution < -0.4 is 10.1 Å². The predicted octanol–water partition coefficient (Wildman–Crippen LogP) is 4.25. The highest BCUT2D eigenvalue weighted by Crippen LogP contribution is 2.39. The summed E-state index contributed by atoms with van der Waals surface area (Å²) in [5, 5.41) is 3.79. The Kier molecular flexibility index (Phi) is 7.58. The summed E-state index contributed by atoms with van der Waals surface area (Å²) in [7, 11) is 3.11. The summed E-state index contributed by atoms with van der Waals surface area (Å²) in [6.45, 7) is 2.86. The third-order valence-corrected chi connectivity index (χ3v) is 6.69. The maximum Gasteiger partial charge on any atom is 0.266 e. The lowest BCUT2D eigenvalue weighted by molar-refractivity contribution is -0.135. The molecule has 11 heteroatoms. The van der Waals surface area contributed by atoms with E-state index in [1.807, 2.05) is 6.07 Å². The van der Waals surface area contributed by atoms with Gasteiger partial charge >= 0.3 is 0 Å². The third-order valence-electron chi connectivity index (χ3n) is 6.69. The summed E-state index contributed by atoms with van der Waals surface area (Å²) in [5.41, 5.74) is -0.0299. The van der Waals surface area contributed by atoms with Crippen molar-refractivity contribution in [2.24, 2.45) is 0 Å². The fourth-order valence-electron chi connectivity index (χ4n) is 4.58. The van der Waals surface area contributed by atoms with Crippen LogP contribution in [0.1, 0.15) is 43.0 Å². The number of pyridine rings is 1. The molecule has 0 radical (unpaired) electrons. The van der Waals surface area contributed by atoms with Crippen molar-refractivity contribution in [1.29, 1.82) is 0 Å². The number of halogens is 3. The molecule has 36 heavy (non-hydrogen) atoms. The number of ether oxygens (including phenoxy) is 2. The number of hydrogen-bond acceptors (Lipinski definition) is 7. The van der Waals surface area contributed by atoms with Crippen molar-refractivity contribution in [2.75, 3.05) is 39.2 Å². The maximum atomic E-state index is 14.4. The molecule has 1 N–H and O–H groups in total. The molecule has 0 spiro atoms. The lowest BCUT2D eigenvalue weighted by Crippen LogP contribution is -2.45. The second-order valence-electron chi connectivity index (χ2n) is 8.64. The summed E-state index contributed by atoms with van der Waals surface area (Å²) in [6, 6.07) is 5.83. The number of fused-ring (bicyclic) bond motifs is 1. The SMILES string of the molecule is COc1nc(C2(OC)CCN(C(C)=O)CC2)cc2c(NCCc3cccc(C(F)F)c3F)ncnc12. The van der Waals surface area contributed by atoms with Crippen LogP contribution in [0.4, 0.5) is 19.0 Å². The van der Waals surface area contributed by atoms with E-state index in [1.165, 1.54) is 25.6 Å². The Bertz CT molecular complexity index is 1250. The minimum atomic E-state index is -2.88. The van der Waals surface area contributed by atoms with Crippen molar-refractivity contribution in [3.05, 3.63) is 53.2 Å². The molecule has 192 valence electrons. The number of nitrogens with zero attached hydrogens (tertiary/aromatic N) is 4. The normalized spacial score (nSPS) is 15.4. The first-order valence-electron chi connectivity index (χ1n) is 11.6. The largest absolute Gasteiger partial charge is 0.479 e. The fraction of sp³-hybridized carbons (Fsp3) is 0.440. The molecular formula is C25H28F3N5O3. The first-order chi connectivity index (χ1) is 17.3. The van der Waals surface area contributed by atoms with Crippen LogP contribution in [0.25, 0.3) is 10.9 Å². The van der Waals surface area contributed by atoms with E-state index in [0.29, 0.717) is 54.2 Å². The Morgan fingerprint density at radius 3 is 2.61 bits per heavy atom. The second-order valence-corrected chi connectivity index (χ2v) is 8.64. The van der Waals surface area contributed by atoms with E-state index >= 15 is 0 Å². The summed E-state index contributed by atoms with van der Waals surface area (Å²) in [5.74, 6) is -0.109. The zero-order valence-electron chi connectivity index (χ0n) is 20.4. The standard InChI is InChI=1S/C25H28F3N5O3/c1-15(34)33-11-8-25(36-3,9-12-33)19-13-18-21(24(32-19)35-2)30-14-31-23(18)29-10-7-16-5-4-6-17(20(16)26)22(27)28/h4-6,13-14,22H,7-12H2,1-3H3,(H,29,30,31). The number of alkyl halides is 2. The number of rotatable bonds is 8. The van der Waals surface area contributed by atoms with Gasteiger partial charge in [-0.2, -0.15) is 0 Å². The molecule has 1 amide bonds. The molecule has 1 aliphatic heterocycles.